The number of hydrogen-bond acceptors (Lipinski definition) is 2. The van der Waals surface area contributed by atoms with Crippen LogP contribution in [0.3, 0.4) is 0 Å². The van der Waals surface area contributed by atoms with Gasteiger partial charge in [-0.3, -0.25) is 0 Å². The van der Waals surface area contributed by atoms with Gasteiger partial charge in [0.1, 0.15) is 0 Å². The number of rotatable bonds is 4. The monoisotopic (exact) mass is 324 g/mol. The van der Waals surface area contributed by atoms with Gasteiger partial charge in [0.05, 0.1) is 15.7 Å². The van der Waals surface area contributed by atoms with Gasteiger partial charge in [-0.2, -0.15) is 0 Å². The van der Waals surface area contributed by atoms with Crippen molar-refractivity contribution in [3.63, 3.8) is 0 Å². The van der Waals surface area contributed by atoms with Crippen LogP contribution in [-0.2, 0) is 6.42 Å². The van der Waals surface area contributed by atoms with Crippen LogP contribution >= 0.6 is 23.2 Å². The summed E-state index contributed by atoms with van der Waals surface area (Å²) < 4.78 is 0. The van der Waals surface area contributed by atoms with E-state index in [-0.39, 0.29) is 6.61 Å². The van der Waals surface area contributed by atoms with Crippen LogP contribution in [0.5, 0.6) is 0 Å². The standard InChI is InChI=1S/C15H14Cl2N2O2/c16-11-5-3-6-12(17)14(11)19-15(21)18-13-7-2-1-4-10(13)8-9-20/h1-7,20H,8-9H2,(H2,18,19,21). The maximum atomic E-state index is 12.0. The smallest absolute Gasteiger partial charge is 0.323 e. The molecule has 0 saturated heterocycles. The largest absolute Gasteiger partial charge is 0.396 e. The van der Waals surface area contributed by atoms with Gasteiger partial charge in [0, 0.05) is 12.3 Å². The maximum Gasteiger partial charge on any atom is 0.323 e. The molecular formula is C15H14Cl2N2O2. The molecule has 21 heavy (non-hydrogen) atoms. The first kappa shape index (κ1) is 15.6. The highest BCUT2D eigenvalue weighted by molar-refractivity contribution is 6.39. The summed E-state index contributed by atoms with van der Waals surface area (Å²) in [5.74, 6) is 0. The lowest BCUT2D eigenvalue weighted by atomic mass is 10.1. The van der Waals surface area contributed by atoms with Crippen molar-refractivity contribution >= 4 is 40.6 Å². The fraction of sp³-hybridized carbons (Fsp3) is 0.133. The van der Waals surface area contributed by atoms with Crippen molar-refractivity contribution < 1.29 is 9.90 Å². The normalized spacial score (nSPS) is 10.2. The number of aliphatic hydroxyl groups is 1. The van der Waals surface area contributed by atoms with Crippen LogP contribution in [0.2, 0.25) is 10.0 Å². The topological polar surface area (TPSA) is 61.4 Å². The molecule has 0 aliphatic rings. The van der Waals surface area contributed by atoms with Crippen molar-refractivity contribution in [2.45, 2.75) is 6.42 Å². The molecule has 0 saturated carbocycles. The Morgan fingerprint density at radius 3 is 2.33 bits per heavy atom. The highest BCUT2D eigenvalue weighted by Gasteiger charge is 2.11. The van der Waals surface area contributed by atoms with Crippen molar-refractivity contribution in [3.8, 4) is 0 Å². The zero-order chi connectivity index (χ0) is 15.2. The fourth-order valence-corrected chi connectivity index (χ4v) is 2.36. The lowest BCUT2D eigenvalue weighted by Gasteiger charge is -2.13. The van der Waals surface area contributed by atoms with E-state index in [4.69, 9.17) is 28.3 Å². The molecular weight excluding hydrogens is 311 g/mol. The van der Waals surface area contributed by atoms with Crippen LogP contribution in [-0.4, -0.2) is 17.7 Å². The van der Waals surface area contributed by atoms with Crippen LogP contribution in [0.15, 0.2) is 42.5 Å². The quantitative estimate of drug-likeness (QED) is 0.790. The van der Waals surface area contributed by atoms with Crippen molar-refractivity contribution in [2.24, 2.45) is 0 Å². The fourth-order valence-electron chi connectivity index (χ4n) is 1.87. The molecule has 6 heteroatoms. The van der Waals surface area contributed by atoms with E-state index in [0.29, 0.717) is 27.8 Å². The third-order valence-electron chi connectivity index (χ3n) is 2.85. The van der Waals surface area contributed by atoms with E-state index >= 15 is 0 Å². The Kier molecular flexibility index (Phi) is 5.44. The van der Waals surface area contributed by atoms with Gasteiger partial charge in [0.15, 0.2) is 0 Å². The minimum atomic E-state index is -0.449. The number of nitrogens with one attached hydrogen (secondary N) is 2. The Hall–Kier alpha value is -1.75. The molecule has 110 valence electrons. The molecule has 0 aliphatic carbocycles. The molecule has 0 aromatic heterocycles. The SMILES string of the molecule is O=C(Nc1ccccc1CCO)Nc1c(Cl)cccc1Cl. The number of benzene rings is 2. The number of carbonyl (C=O) groups is 1. The Morgan fingerprint density at radius 1 is 1.00 bits per heavy atom. The van der Waals surface area contributed by atoms with Crippen LogP contribution in [0.1, 0.15) is 5.56 Å². The number of hydrogen-bond donors (Lipinski definition) is 3. The second-order valence-electron chi connectivity index (χ2n) is 4.31. The Labute approximate surface area is 132 Å². The summed E-state index contributed by atoms with van der Waals surface area (Å²) in [5.41, 5.74) is 1.84. The highest BCUT2D eigenvalue weighted by atomic mass is 35.5. The van der Waals surface area contributed by atoms with Gasteiger partial charge in [-0.15, -0.1) is 0 Å². The van der Waals surface area contributed by atoms with Gasteiger partial charge >= 0.3 is 6.03 Å². The number of anilines is 2. The van der Waals surface area contributed by atoms with Crippen LogP contribution in [0, 0.1) is 0 Å². The molecule has 0 radical (unpaired) electrons. The molecule has 2 aromatic carbocycles. The zero-order valence-corrected chi connectivity index (χ0v) is 12.6. The minimum Gasteiger partial charge on any atom is -0.396 e. The zero-order valence-electron chi connectivity index (χ0n) is 11.1. The molecule has 0 unspecified atom stereocenters. The van der Waals surface area contributed by atoms with Crippen LogP contribution in [0.4, 0.5) is 16.2 Å². The summed E-state index contributed by atoms with van der Waals surface area (Å²) in [7, 11) is 0. The summed E-state index contributed by atoms with van der Waals surface area (Å²) in [5, 5.41) is 15.1. The predicted octanol–water partition coefficient (Wildman–Crippen LogP) is 4.17. The first-order valence-corrected chi connectivity index (χ1v) is 7.08. The number of aliphatic hydroxyl groups excluding tert-OH is 1. The average molecular weight is 325 g/mol. The molecule has 0 spiro atoms. The highest BCUT2D eigenvalue weighted by Crippen LogP contribution is 2.30. The third-order valence-corrected chi connectivity index (χ3v) is 3.48. The summed E-state index contributed by atoms with van der Waals surface area (Å²) in [6, 6.07) is 11.8. The summed E-state index contributed by atoms with van der Waals surface area (Å²) in [4.78, 5) is 12.0. The molecule has 3 N–H and O–H groups in total. The van der Waals surface area contributed by atoms with Gasteiger partial charge in [-0.25, -0.2) is 4.79 Å². The molecule has 2 amide bonds. The van der Waals surface area contributed by atoms with Crippen molar-refractivity contribution in [2.75, 3.05) is 17.2 Å². The van der Waals surface area contributed by atoms with E-state index in [1.54, 1.807) is 30.3 Å². The first-order chi connectivity index (χ1) is 10.1. The van der Waals surface area contributed by atoms with E-state index in [1.807, 2.05) is 12.1 Å². The summed E-state index contributed by atoms with van der Waals surface area (Å²) in [6.45, 7) is 0.0106. The van der Waals surface area contributed by atoms with Gasteiger partial charge < -0.3 is 15.7 Å². The van der Waals surface area contributed by atoms with E-state index in [9.17, 15) is 4.79 Å². The number of para-hydroxylation sites is 2. The Morgan fingerprint density at radius 2 is 1.67 bits per heavy atom. The van der Waals surface area contributed by atoms with Gasteiger partial charge in [-0.05, 0) is 30.2 Å². The summed E-state index contributed by atoms with van der Waals surface area (Å²) >= 11 is 12.0. The molecule has 0 atom stereocenters. The van der Waals surface area contributed by atoms with E-state index in [1.165, 1.54) is 0 Å². The number of carbonyl (C=O) groups excluding carboxylic acids is 1. The number of amides is 2. The van der Waals surface area contributed by atoms with Crippen molar-refractivity contribution in [1.82, 2.24) is 0 Å². The van der Waals surface area contributed by atoms with E-state index in [0.717, 1.165) is 5.56 Å². The van der Waals surface area contributed by atoms with Gasteiger partial charge in [-0.1, -0.05) is 47.5 Å². The first-order valence-electron chi connectivity index (χ1n) is 6.32. The summed E-state index contributed by atoms with van der Waals surface area (Å²) in [6.07, 6.45) is 0.462. The van der Waals surface area contributed by atoms with E-state index in [2.05, 4.69) is 10.6 Å². The molecule has 2 aromatic rings. The molecule has 0 bridgehead atoms. The third kappa shape index (κ3) is 4.11. The van der Waals surface area contributed by atoms with Gasteiger partial charge in [0.25, 0.3) is 0 Å². The maximum absolute atomic E-state index is 12.0. The lowest BCUT2D eigenvalue weighted by molar-refractivity contribution is 0.262. The van der Waals surface area contributed by atoms with Crippen LogP contribution in [0.25, 0.3) is 0 Å². The lowest BCUT2D eigenvalue weighted by Crippen LogP contribution is -2.20. The molecule has 4 nitrogen and oxygen atoms in total. The van der Waals surface area contributed by atoms with Crippen molar-refractivity contribution in [1.29, 1.82) is 0 Å². The van der Waals surface area contributed by atoms with Gasteiger partial charge in [0.2, 0.25) is 0 Å². The second kappa shape index (κ2) is 7.31. The number of halogens is 2. The van der Waals surface area contributed by atoms with E-state index < -0.39 is 6.03 Å². The molecule has 0 heterocycles. The Bertz CT molecular complexity index is 627. The second-order valence-corrected chi connectivity index (χ2v) is 5.12. The molecule has 0 aliphatic heterocycles. The van der Waals surface area contributed by atoms with Crippen molar-refractivity contribution in [3.05, 3.63) is 58.1 Å². The number of urea groups is 1. The molecule has 2 rings (SSSR count). The Balaban J connectivity index is 2.12. The average Bonchev–Trinajstić information content (AvgIpc) is 2.45. The minimum absolute atomic E-state index is 0.0106. The predicted molar refractivity (Wildman–Crippen MR) is 86.3 cm³/mol. The molecule has 0 fully saturated rings. The van der Waals surface area contributed by atoms with Crippen LogP contribution < -0.4 is 10.6 Å².